The molecule has 22 heavy (non-hydrogen) atoms. The number of ether oxygens (including phenoxy) is 2. The lowest BCUT2D eigenvalue weighted by Crippen LogP contribution is -2.58. The zero-order valence-electron chi connectivity index (χ0n) is 13.7. The molecule has 0 radical (unpaired) electrons. The Morgan fingerprint density at radius 3 is 2.32 bits per heavy atom. The Hall–Kier alpha value is -1.32. The fourth-order valence-electron chi connectivity index (χ4n) is 5.06. The van der Waals surface area contributed by atoms with Gasteiger partial charge in [0.05, 0.1) is 13.0 Å². The molecule has 3 unspecified atom stereocenters. The van der Waals surface area contributed by atoms with Crippen LogP contribution in [0.2, 0.25) is 0 Å². The molecule has 4 rings (SSSR count). The van der Waals surface area contributed by atoms with Crippen molar-refractivity contribution in [3.05, 3.63) is 12.2 Å². The van der Waals surface area contributed by atoms with Gasteiger partial charge in [-0.15, -0.1) is 0 Å². The van der Waals surface area contributed by atoms with E-state index in [-0.39, 0.29) is 29.4 Å². The van der Waals surface area contributed by atoms with Gasteiger partial charge >= 0.3 is 11.9 Å². The Kier molecular flexibility index (Phi) is 4.04. The van der Waals surface area contributed by atoms with Gasteiger partial charge in [-0.1, -0.05) is 19.9 Å². The molecule has 4 bridgehead atoms. The van der Waals surface area contributed by atoms with Crippen LogP contribution in [-0.4, -0.2) is 24.6 Å². The van der Waals surface area contributed by atoms with Crippen molar-refractivity contribution < 1.29 is 19.1 Å². The van der Waals surface area contributed by atoms with Crippen LogP contribution in [0.25, 0.3) is 0 Å². The molecule has 4 fully saturated rings. The Labute approximate surface area is 132 Å². The molecule has 0 aromatic rings. The van der Waals surface area contributed by atoms with Crippen LogP contribution in [0.3, 0.4) is 0 Å². The summed E-state index contributed by atoms with van der Waals surface area (Å²) in [6.07, 6.45) is 9.05. The second-order valence-electron chi connectivity index (χ2n) is 7.66. The van der Waals surface area contributed by atoms with E-state index in [1.165, 1.54) is 32.4 Å². The molecule has 4 aliphatic rings. The van der Waals surface area contributed by atoms with Gasteiger partial charge in [0.15, 0.2) is 0 Å². The zero-order chi connectivity index (χ0) is 15.9. The molecule has 3 atom stereocenters. The number of carbonyl (C=O) groups excluding carboxylic acids is 2. The lowest BCUT2D eigenvalue weighted by atomic mass is 9.49. The van der Waals surface area contributed by atoms with Crippen LogP contribution in [0.5, 0.6) is 0 Å². The predicted molar refractivity (Wildman–Crippen MR) is 81.9 cm³/mol. The number of carbonyl (C=O) groups is 2. The van der Waals surface area contributed by atoms with E-state index in [1.807, 2.05) is 19.9 Å². The predicted octanol–water partition coefficient (Wildman–Crippen LogP) is 3.11. The van der Waals surface area contributed by atoms with Crippen molar-refractivity contribution >= 4 is 11.9 Å². The summed E-state index contributed by atoms with van der Waals surface area (Å²) in [7, 11) is 1.39. The Morgan fingerprint density at radius 1 is 1.14 bits per heavy atom. The molecule has 0 saturated heterocycles. The quantitative estimate of drug-likeness (QED) is 0.591. The molecular weight excluding hydrogens is 280 g/mol. The first-order valence-electron chi connectivity index (χ1n) is 8.42. The average Bonchev–Trinajstić information content (AvgIpc) is 2.44. The van der Waals surface area contributed by atoms with Gasteiger partial charge < -0.3 is 9.47 Å². The summed E-state index contributed by atoms with van der Waals surface area (Å²) in [4.78, 5) is 23.7. The molecule has 0 heterocycles. The van der Waals surface area contributed by atoms with E-state index < -0.39 is 0 Å². The highest BCUT2D eigenvalue weighted by atomic mass is 16.6. The SMILES string of the molecule is COC(=O)/C=C\C1C2CC3CC(C2)CC1(OC(=O)C(C)C)C3. The Morgan fingerprint density at radius 2 is 1.77 bits per heavy atom. The number of hydrogen-bond donors (Lipinski definition) is 0. The van der Waals surface area contributed by atoms with Crippen LogP contribution < -0.4 is 0 Å². The second kappa shape index (κ2) is 5.71. The lowest BCUT2D eigenvalue weighted by molar-refractivity contribution is -0.203. The average molecular weight is 306 g/mol. The number of methoxy groups -OCH3 is 1. The molecule has 0 aromatic carbocycles. The smallest absolute Gasteiger partial charge is 0.330 e. The molecule has 0 aromatic heterocycles. The maximum atomic E-state index is 12.2. The van der Waals surface area contributed by atoms with Crippen molar-refractivity contribution in [2.75, 3.05) is 7.11 Å². The van der Waals surface area contributed by atoms with Crippen molar-refractivity contribution in [3.63, 3.8) is 0 Å². The highest BCUT2D eigenvalue weighted by Gasteiger charge is 2.58. The molecule has 4 heteroatoms. The normalized spacial score (nSPS) is 39.5. The largest absolute Gasteiger partial charge is 0.466 e. The summed E-state index contributed by atoms with van der Waals surface area (Å²) in [5.41, 5.74) is -0.388. The number of rotatable bonds is 4. The molecule has 122 valence electrons. The van der Waals surface area contributed by atoms with E-state index in [4.69, 9.17) is 9.47 Å². The summed E-state index contributed by atoms with van der Waals surface area (Å²) in [6, 6.07) is 0. The van der Waals surface area contributed by atoms with Crippen LogP contribution >= 0.6 is 0 Å². The van der Waals surface area contributed by atoms with Crippen molar-refractivity contribution in [1.29, 1.82) is 0 Å². The van der Waals surface area contributed by atoms with E-state index >= 15 is 0 Å². The first-order valence-corrected chi connectivity index (χ1v) is 8.42. The molecule has 4 nitrogen and oxygen atoms in total. The molecule has 0 spiro atoms. The fourth-order valence-corrected chi connectivity index (χ4v) is 5.06. The lowest BCUT2D eigenvalue weighted by Gasteiger charge is -2.59. The summed E-state index contributed by atoms with van der Waals surface area (Å²) in [5.74, 6) is 1.49. The van der Waals surface area contributed by atoms with Gasteiger partial charge in [-0.25, -0.2) is 4.79 Å². The Balaban J connectivity index is 1.86. The van der Waals surface area contributed by atoms with Crippen molar-refractivity contribution in [1.82, 2.24) is 0 Å². The first kappa shape index (κ1) is 15.6. The van der Waals surface area contributed by atoms with Gasteiger partial charge in [0.2, 0.25) is 0 Å². The topological polar surface area (TPSA) is 52.6 Å². The molecule has 0 amide bonds. The highest BCUT2D eigenvalue weighted by molar-refractivity contribution is 5.81. The number of hydrogen-bond acceptors (Lipinski definition) is 4. The minimum atomic E-state index is -0.388. The summed E-state index contributed by atoms with van der Waals surface area (Å²) in [5, 5.41) is 0. The molecule has 0 N–H and O–H groups in total. The van der Waals surface area contributed by atoms with E-state index in [2.05, 4.69) is 0 Å². The van der Waals surface area contributed by atoms with E-state index in [0.29, 0.717) is 17.8 Å². The van der Waals surface area contributed by atoms with Crippen molar-refractivity contribution in [3.8, 4) is 0 Å². The van der Waals surface area contributed by atoms with Gasteiger partial charge in [-0.2, -0.15) is 0 Å². The molecule has 0 aliphatic heterocycles. The van der Waals surface area contributed by atoms with Crippen molar-refractivity contribution in [2.45, 2.75) is 51.6 Å². The van der Waals surface area contributed by atoms with Crippen LogP contribution in [0, 0.1) is 29.6 Å². The third-order valence-electron chi connectivity index (χ3n) is 5.74. The van der Waals surface area contributed by atoms with E-state index in [9.17, 15) is 9.59 Å². The molecule has 4 aliphatic carbocycles. The monoisotopic (exact) mass is 306 g/mol. The van der Waals surface area contributed by atoms with Crippen LogP contribution in [0.4, 0.5) is 0 Å². The van der Waals surface area contributed by atoms with Crippen molar-refractivity contribution in [2.24, 2.45) is 29.6 Å². The van der Waals surface area contributed by atoms with E-state index in [1.54, 1.807) is 0 Å². The molecule has 4 saturated carbocycles. The van der Waals surface area contributed by atoms with Gasteiger partial charge in [-0.05, 0) is 49.9 Å². The first-order chi connectivity index (χ1) is 10.4. The van der Waals surface area contributed by atoms with Gasteiger partial charge in [0.1, 0.15) is 5.60 Å². The summed E-state index contributed by atoms with van der Waals surface area (Å²) < 4.78 is 10.8. The standard InChI is InChI=1S/C18H26O4/c1-11(2)17(20)22-18-9-12-6-13(10-18)8-14(7-12)15(18)4-5-16(19)21-3/h4-5,11-15H,6-10H2,1-3H3/b5-4-. The van der Waals surface area contributed by atoms with Gasteiger partial charge in [0, 0.05) is 12.0 Å². The maximum Gasteiger partial charge on any atom is 0.330 e. The van der Waals surface area contributed by atoms with Gasteiger partial charge in [0.25, 0.3) is 0 Å². The fraction of sp³-hybridized carbons (Fsp3) is 0.778. The third kappa shape index (κ3) is 2.68. The summed E-state index contributed by atoms with van der Waals surface area (Å²) >= 11 is 0. The molecular formula is C18H26O4. The maximum absolute atomic E-state index is 12.2. The minimum Gasteiger partial charge on any atom is -0.466 e. The zero-order valence-corrected chi connectivity index (χ0v) is 13.7. The summed E-state index contributed by atoms with van der Waals surface area (Å²) in [6.45, 7) is 3.75. The highest BCUT2D eigenvalue weighted by Crippen LogP contribution is 2.60. The third-order valence-corrected chi connectivity index (χ3v) is 5.74. The van der Waals surface area contributed by atoms with E-state index in [0.717, 1.165) is 12.8 Å². The van der Waals surface area contributed by atoms with Crippen LogP contribution in [-0.2, 0) is 19.1 Å². The Bertz CT molecular complexity index is 479. The second-order valence-corrected chi connectivity index (χ2v) is 7.66. The van der Waals surface area contributed by atoms with Crippen LogP contribution in [0.15, 0.2) is 12.2 Å². The van der Waals surface area contributed by atoms with Crippen LogP contribution in [0.1, 0.15) is 46.0 Å². The number of esters is 2. The van der Waals surface area contributed by atoms with Gasteiger partial charge in [-0.3, -0.25) is 4.79 Å². The minimum absolute atomic E-state index is 0.113.